The van der Waals surface area contributed by atoms with E-state index in [-0.39, 0.29) is 12.5 Å². The maximum atomic E-state index is 12.7. The molecule has 2 saturated heterocycles. The van der Waals surface area contributed by atoms with Crippen LogP contribution in [0.2, 0.25) is 0 Å². The Kier molecular flexibility index (Phi) is 5.38. The average Bonchev–Trinajstić information content (AvgIpc) is 2.99. The number of rotatable bonds is 5. The Morgan fingerprint density at radius 3 is 2.13 bits per heavy atom. The lowest BCUT2D eigenvalue weighted by atomic mass is 10.2. The summed E-state index contributed by atoms with van der Waals surface area (Å²) < 4.78 is 0. The quantitative estimate of drug-likeness (QED) is 0.511. The molecule has 0 unspecified atom stereocenters. The third kappa shape index (κ3) is 3.84. The molecular formula is C20H20N6O4. The molecule has 0 radical (unpaired) electrons. The minimum atomic E-state index is -0.972. The molecule has 0 aliphatic carbocycles. The van der Waals surface area contributed by atoms with Crippen LogP contribution in [0.5, 0.6) is 0 Å². The molecule has 2 aromatic rings. The van der Waals surface area contributed by atoms with Gasteiger partial charge < -0.3 is 9.80 Å². The zero-order valence-corrected chi connectivity index (χ0v) is 16.2. The first kappa shape index (κ1) is 19.5. The van der Waals surface area contributed by atoms with Crippen LogP contribution >= 0.6 is 0 Å². The third-order valence-electron chi connectivity index (χ3n) is 5.08. The number of anilines is 1. The Labute approximate surface area is 172 Å². The van der Waals surface area contributed by atoms with Crippen molar-refractivity contribution >= 4 is 29.7 Å². The van der Waals surface area contributed by atoms with E-state index in [2.05, 4.69) is 9.97 Å². The van der Waals surface area contributed by atoms with E-state index in [4.69, 9.17) is 0 Å². The summed E-state index contributed by atoms with van der Waals surface area (Å²) in [7, 11) is 0. The number of benzene rings is 1. The van der Waals surface area contributed by atoms with E-state index in [1.165, 1.54) is 0 Å². The van der Waals surface area contributed by atoms with Crippen LogP contribution in [0.15, 0.2) is 48.8 Å². The molecule has 0 saturated carbocycles. The van der Waals surface area contributed by atoms with E-state index < -0.39 is 24.4 Å². The number of piperazine rings is 1. The van der Waals surface area contributed by atoms with Crippen molar-refractivity contribution in [2.45, 2.75) is 6.54 Å². The van der Waals surface area contributed by atoms with Gasteiger partial charge in [-0.05, 0) is 11.6 Å². The molecular weight excluding hydrogens is 388 g/mol. The summed E-state index contributed by atoms with van der Waals surface area (Å²) >= 11 is 0. The van der Waals surface area contributed by atoms with Crippen LogP contribution in [-0.2, 0) is 20.9 Å². The molecule has 0 spiro atoms. The van der Waals surface area contributed by atoms with Gasteiger partial charge in [0.2, 0.25) is 11.9 Å². The van der Waals surface area contributed by atoms with Crippen molar-refractivity contribution in [3.8, 4) is 0 Å². The summed E-state index contributed by atoms with van der Waals surface area (Å²) in [5, 5.41) is 0. The molecule has 10 nitrogen and oxygen atoms in total. The second-order valence-electron chi connectivity index (χ2n) is 6.97. The fourth-order valence-corrected chi connectivity index (χ4v) is 3.44. The standard InChI is InChI=1S/C20H20N6O4/c27-16(23-9-11-24(12-10-23)19-21-7-4-8-22-19)14-26-18(29)17(28)25(20(26)30)13-15-5-2-1-3-6-15/h1-8H,9-14H2. The SMILES string of the molecule is O=C(CN1C(=O)C(=O)N(Cc2ccccc2)C1=O)N1CCN(c2ncccn2)CC1. The average molecular weight is 408 g/mol. The highest BCUT2D eigenvalue weighted by Gasteiger charge is 2.45. The number of carbonyl (C=O) groups is 4. The Morgan fingerprint density at radius 2 is 1.47 bits per heavy atom. The molecule has 3 heterocycles. The number of carbonyl (C=O) groups excluding carboxylic acids is 4. The maximum absolute atomic E-state index is 12.7. The van der Waals surface area contributed by atoms with Crippen molar-refractivity contribution in [3.05, 3.63) is 54.4 Å². The molecule has 5 amide bonds. The first-order valence-corrected chi connectivity index (χ1v) is 9.55. The summed E-state index contributed by atoms with van der Waals surface area (Å²) in [5.41, 5.74) is 0.722. The van der Waals surface area contributed by atoms with Crippen LogP contribution in [-0.4, -0.2) is 81.1 Å². The number of nitrogens with zero attached hydrogens (tertiary/aromatic N) is 6. The number of imide groups is 2. The smallest absolute Gasteiger partial charge is 0.335 e. The second-order valence-corrected chi connectivity index (χ2v) is 6.97. The highest BCUT2D eigenvalue weighted by atomic mass is 16.2. The fourth-order valence-electron chi connectivity index (χ4n) is 3.44. The van der Waals surface area contributed by atoms with E-state index in [0.717, 1.165) is 15.4 Å². The molecule has 4 rings (SSSR count). The highest BCUT2D eigenvalue weighted by Crippen LogP contribution is 2.17. The van der Waals surface area contributed by atoms with E-state index in [0.29, 0.717) is 32.1 Å². The zero-order valence-electron chi connectivity index (χ0n) is 16.2. The van der Waals surface area contributed by atoms with Gasteiger partial charge in [-0.3, -0.25) is 19.3 Å². The predicted octanol–water partition coefficient (Wildman–Crippen LogP) is 0.116. The summed E-state index contributed by atoms with van der Waals surface area (Å²) in [6, 6.07) is 9.86. The van der Waals surface area contributed by atoms with Gasteiger partial charge in [-0.1, -0.05) is 30.3 Å². The van der Waals surface area contributed by atoms with Gasteiger partial charge in [0.1, 0.15) is 6.54 Å². The molecule has 0 bridgehead atoms. The molecule has 0 N–H and O–H groups in total. The molecule has 1 aromatic carbocycles. The molecule has 154 valence electrons. The van der Waals surface area contributed by atoms with Gasteiger partial charge in [0.05, 0.1) is 6.54 Å². The summed E-state index contributed by atoms with van der Waals surface area (Å²) in [6.07, 6.45) is 3.31. The minimum Gasteiger partial charge on any atom is -0.338 e. The fraction of sp³-hybridized carbons (Fsp3) is 0.300. The van der Waals surface area contributed by atoms with Gasteiger partial charge in [0.15, 0.2) is 0 Å². The predicted molar refractivity (Wildman–Crippen MR) is 105 cm³/mol. The number of aromatic nitrogens is 2. The second kappa shape index (κ2) is 8.27. The van der Waals surface area contributed by atoms with Crippen LogP contribution in [0.4, 0.5) is 10.7 Å². The molecule has 10 heteroatoms. The topological polar surface area (TPSA) is 107 Å². The summed E-state index contributed by atoms with van der Waals surface area (Å²) in [4.78, 5) is 63.3. The van der Waals surface area contributed by atoms with Crippen molar-refractivity contribution in [2.75, 3.05) is 37.6 Å². The van der Waals surface area contributed by atoms with Crippen molar-refractivity contribution < 1.29 is 19.2 Å². The number of urea groups is 1. The highest BCUT2D eigenvalue weighted by molar-refractivity contribution is 6.44. The third-order valence-corrected chi connectivity index (χ3v) is 5.08. The maximum Gasteiger partial charge on any atom is 0.335 e. The monoisotopic (exact) mass is 408 g/mol. The summed E-state index contributed by atoms with van der Waals surface area (Å²) in [5.74, 6) is -1.67. The summed E-state index contributed by atoms with van der Waals surface area (Å²) in [6.45, 7) is 1.44. The normalized spacial score (nSPS) is 17.1. The van der Waals surface area contributed by atoms with E-state index in [1.807, 2.05) is 11.0 Å². The lowest BCUT2D eigenvalue weighted by Crippen LogP contribution is -2.52. The molecule has 0 atom stereocenters. The van der Waals surface area contributed by atoms with Crippen molar-refractivity contribution in [2.24, 2.45) is 0 Å². The zero-order chi connectivity index (χ0) is 21.1. The van der Waals surface area contributed by atoms with Gasteiger partial charge in [-0.15, -0.1) is 0 Å². The van der Waals surface area contributed by atoms with Crippen molar-refractivity contribution in [1.29, 1.82) is 0 Å². The van der Waals surface area contributed by atoms with Crippen molar-refractivity contribution in [3.63, 3.8) is 0 Å². The molecule has 1 aromatic heterocycles. The van der Waals surface area contributed by atoms with E-state index in [9.17, 15) is 19.2 Å². The van der Waals surface area contributed by atoms with Gasteiger partial charge in [-0.2, -0.15) is 0 Å². The van der Waals surface area contributed by atoms with E-state index in [1.54, 1.807) is 47.6 Å². The number of amides is 5. The number of hydrogen-bond donors (Lipinski definition) is 0. The van der Waals surface area contributed by atoms with Crippen LogP contribution < -0.4 is 4.90 Å². The molecule has 30 heavy (non-hydrogen) atoms. The Balaban J connectivity index is 1.36. The van der Waals surface area contributed by atoms with Crippen LogP contribution in [0.1, 0.15) is 5.56 Å². The Hall–Kier alpha value is -3.82. The van der Waals surface area contributed by atoms with E-state index >= 15 is 0 Å². The lowest BCUT2D eigenvalue weighted by molar-refractivity contribution is -0.145. The molecule has 2 fully saturated rings. The van der Waals surface area contributed by atoms with Gasteiger partial charge in [-0.25, -0.2) is 19.7 Å². The largest absolute Gasteiger partial charge is 0.338 e. The first-order valence-electron chi connectivity index (χ1n) is 9.55. The minimum absolute atomic E-state index is 0.00924. The lowest BCUT2D eigenvalue weighted by Gasteiger charge is -2.35. The molecule has 2 aliphatic rings. The Bertz CT molecular complexity index is 960. The molecule has 2 aliphatic heterocycles. The van der Waals surface area contributed by atoms with Gasteiger partial charge >= 0.3 is 17.8 Å². The first-order chi connectivity index (χ1) is 14.5. The van der Waals surface area contributed by atoms with Gasteiger partial charge in [0.25, 0.3) is 0 Å². The number of hydrogen-bond acceptors (Lipinski definition) is 7. The van der Waals surface area contributed by atoms with Crippen LogP contribution in [0.25, 0.3) is 0 Å². The van der Waals surface area contributed by atoms with Gasteiger partial charge in [0, 0.05) is 38.6 Å². The van der Waals surface area contributed by atoms with Crippen LogP contribution in [0.3, 0.4) is 0 Å². The Morgan fingerprint density at radius 1 is 0.833 bits per heavy atom. The van der Waals surface area contributed by atoms with Crippen molar-refractivity contribution in [1.82, 2.24) is 24.7 Å². The van der Waals surface area contributed by atoms with Crippen LogP contribution in [0, 0.1) is 0 Å².